The Morgan fingerprint density at radius 1 is 1.43 bits per heavy atom. The van der Waals surface area contributed by atoms with Crippen molar-refractivity contribution in [1.82, 2.24) is 4.98 Å². The first kappa shape index (κ1) is 15.6. The number of aryl methyl sites for hydroxylation is 2. The van der Waals surface area contributed by atoms with Gasteiger partial charge in [0.15, 0.2) is 5.84 Å². The Hall–Kier alpha value is -1.82. The number of oxime groups is 1. The van der Waals surface area contributed by atoms with E-state index in [-0.39, 0.29) is 18.5 Å². The second-order valence-electron chi connectivity index (χ2n) is 5.64. The number of nitrogens with two attached hydrogens (primary N) is 1. The topological polar surface area (TPSA) is 95.0 Å². The molecule has 116 valence electrons. The molecule has 0 aliphatic carbocycles. The van der Waals surface area contributed by atoms with E-state index in [0.29, 0.717) is 11.4 Å². The van der Waals surface area contributed by atoms with Crippen molar-refractivity contribution >= 4 is 11.7 Å². The average molecular weight is 292 g/mol. The standard InChI is InChI=1S/C15H24N4O2/c1-10-8-11(2)17-15(13(10)14(16)18-21)19-7-5-3-4-6-12(19)9-20/h8,12,20-21H,3-7,9H2,1-2H3,(H2,16,18). The van der Waals surface area contributed by atoms with Crippen molar-refractivity contribution in [2.45, 2.75) is 45.6 Å². The van der Waals surface area contributed by atoms with Crippen LogP contribution in [0.4, 0.5) is 5.82 Å². The van der Waals surface area contributed by atoms with Gasteiger partial charge in [0.05, 0.1) is 18.2 Å². The zero-order valence-electron chi connectivity index (χ0n) is 12.7. The fraction of sp³-hybridized carbons (Fsp3) is 0.600. The number of anilines is 1. The maximum absolute atomic E-state index is 9.69. The maximum Gasteiger partial charge on any atom is 0.174 e. The van der Waals surface area contributed by atoms with Crippen molar-refractivity contribution in [3.05, 3.63) is 22.9 Å². The minimum atomic E-state index is 0.0337. The summed E-state index contributed by atoms with van der Waals surface area (Å²) in [7, 11) is 0. The summed E-state index contributed by atoms with van der Waals surface area (Å²) in [5, 5.41) is 21.9. The molecule has 0 aromatic carbocycles. The second kappa shape index (κ2) is 6.76. The molecule has 1 atom stereocenters. The van der Waals surface area contributed by atoms with Crippen molar-refractivity contribution < 1.29 is 10.3 Å². The van der Waals surface area contributed by atoms with E-state index in [1.165, 1.54) is 0 Å². The number of aromatic nitrogens is 1. The molecule has 1 fully saturated rings. The van der Waals surface area contributed by atoms with Gasteiger partial charge in [-0.25, -0.2) is 4.98 Å². The Bertz CT molecular complexity index is 531. The molecule has 1 aromatic heterocycles. The number of nitrogens with zero attached hydrogens (tertiary/aromatic N) is 3. The van der Waals surface area contributed by atoms with Crippen LogP contribution in [-0.2, 0) is 0 Å². The first-order valence-corrected chi connectivity index (χ1v) is 7.42. The van der Waals surface area contributed by atoms with Crippen LogP contribution in [0, 0.1) is 13.8 Å². The molecule has 0 radical (unpaired) electrons. The lowest BCUT2D eigenvalue weighted by molar-refractivity contribution is 0.254. The van der Waals surface area contributed by atoms with Gasteiger partial charge in [0.1, 0.15) is 5.82 Å². The lowest BCUT2D eigenvalue weighted by Gasteiger charge is -2.32. The predicted octanol–water partition coefficient (Wildman–Crippen LogP) is 1.53. The Morgan fingerprint density at radius 3 is 2.86 bits per heavy atom. The van der Waals surface area contributed by atoms with Crippen LogP contribution in [0.5, 0.6) is 0 Å². The van der Waals surface area contributed by atoms with Gasteiger partial charge in [0.25, 0.3) is 0 Å². The van der Waals surface area contributed by atoms with Gasteiger partial charge in [-0.15, -0.1) is 0 Å². The first-order valence-electron chi connectivity index (χ1n) is 7.42. The van der Waals surface area contributed by atoms with Gasteiger partial charge in [-0.05, 0) is 38.3 Å². The summed E-state index contributed by atoms with van der Waals surface area (Å²) in [5.74, 6) is 0.777. The van der Waals surface area contributed by atoms with Crippen LogP contribution in [0.1, 0.15) is 42.5 Å². The largest absolute Gasteiger partial charge is 0.409 e. The minimum absolute atomic E-state index is 0.0337. The number of rotatable bonds is 3. The summed E-state index contributed by atoms with van der Waals surface area (Å²) in [6, 6.07) is 1.95. The first-order chi connectivity index (χ1) is 10.1. The van der Waals surface area contributed by atoms with E-state index in [2.05, 4.69) is 15.0 Å². The molecule has 1 saturated heterocycles. The highest BCUT2D eigenvalue weighted by molar-refractivity contribution is 6.02. The van der Waals surface area contributed by atoms with Crippen molar-refractivity contribution in [1.29, 1.82) is 0 Å². The number of hydrogen-bond acceptors (Lipinski definition) is 5. The molecule has 0 amide bonds. The summed E-state index contributed by atoms with van der Waals surface area (Å²) in [6.45, 7) is 4.77. The molecule has 6 nitrogen and oxygen atoms in total. The number of aliphatic hydroxyl groups is 1. The zero-order valence-corrected chi connectivity index (χ0v) is 12.7. The highest BCUT2D eigenvalue weighted by Gasteiger charge is 2.26. The summed E-state index contributed by atoms with van der Waals surface area (Å²) < 4.78 is 0. The van der Waals surface area contributed by atoms with Gasteiger partial charge >= 0.3 is 0 Å². The van der Waals surface area contributed by atoms with Gasteiger partial charge in [-0.3, -0.25) is 0 Å². The fourth-order valence-electron chi connectivity index (χ4n) is 3.04. The Labute approximate surface area is 125 Å². The van der Waals surface area contributed by atoms with Crippen LogP contribution in [0.3, 0.4) is 0 Å². The van der Waals surface area contributed by atoms with Crippen LogP contribution >= 0.6 is 0 Å². The molecule has 6 heteroatoms. The van der Waals surface area contributed by atoms with Crippen LogP contribution in [0.25, 0.3) is 0 Å². The molecular formula is C15H24N4O2. The maximum atomic E-state index is 9.69. The second-order valence-corrected chi connectivity index (χ2v) is 5.64. The van der Waals surface area contributed by atoms with E-state index in [1.54, 1.807) is 0 Å². The third-order valence-corrected chi connectivity index (χ3v) is 4.05. The van der Waals surface area contributed by atoms with E-state index >= 15 is 0 Å². The Morgan fingerprint density at radius 2 is 2.19 bits per heavy atom. The molecule has 1 aromatic rings. The van der Waals surface area contributed by atoms with E-state index in [4.69, 9.17) is 10.9 Å². The quantitative estimate of drug-likeness (QED) is 0.340. The lowest BCUT2D eigenvalue weighted by Crippen LogP contribution is -2.40. The van der Waals surface area contributed by atoms with Crippen molar-refractivity contribution in [3.63, 3.8) is 0 Å². The SMILES string of the molecule is Cc1cc(C)c(/C(N)=N/O)c(N2CCCCCC2CO)n1. The van der Waals surface area contributed by atoms with Crippen LogP contribution in [0.15, 0.2) is 11.2 Å². The van der Waals surface area contributed by atoms with Gasteiger partial charge in [-0.1, -0.05) is 18.0 Å². The Kier molecular flexibility index (Phi) is 5.01. The molecule has 21 heavy (non-hydrogen) atoms. The monoisotopic (exact) mass is 292 g/mol. The normalized spacial score (nSPS) is 20.4. The summed E-state index contributed by atoms with van der Waals surface area (Å²) in [6.07, 6.45) is 4.24. The smallest absolute Gasteiger partial charge is 0.174 e. The van der Waals surface area contributed by atoms with Gasteiger partial charge in [-0.2, -0.15) is 0 Å². The third-order valence-electron chi connectivity index (χ3n) is 4.05. The molecule has 0 bridgehead atoms. The highest BCUT2D eigenvalue weighted by Crippen LogP contribution is 2.28. The van der Waals surface area contributed by atoms with Crippen molar-refractivity contribution in [2.75, 3.05) is 18.1 Å². The average Bonchev–Trinajstić information content (AvgIpc) is 2.70. The summed E-state index contributed by atoms with van der Waals surface area (Å²) >= 11 is 0. The Balaban J connectivity index is 2.54. The van der Waals surface area contributed by atoms with E-state index in [1.807, 2.05) is 19.9 Å². The number of aliphatic hydroxyl groups excluding tert-OH is 1. The fourth-order valence-corrected chi connectivity index (χ4v) is 3.04. The molecule has 2 rings (SSSR count). The van der Waals surface area contributed by atoms with Crippen LogP contribution in [-0.4, -0.2) is 40.3 Å². The number of hydrogen-bond donors (Lipinski definition) is 3. The van der Waals surface area contributed by atoms with Crippen molar-refractivity contribution in [2.24, 2.45) is 10.9 Å². The number of amidine groups is 1. The minimum Gasteiger partial charge on any atom is -0.409 e. The van der Waals surface area contributed by atoms with E-state index in [0.717, 1.165) is 43.5 Å². The van der Waals surface area contributed by atoms with Gasteiger partial charge in [0.2, 0.25) is 0 Å². The third kappa shape index (κ3) is 3.26. The highest BCUT2D eigenvalue weighted by atomic mass is 16.4. The van der Waals surface area contributed by atoms with E-state index < -0.39 is 0 Å². The summed E-state index contributed by atoms with van der Waals surface area (Å²) in [5.41, 5.74) is 8.32. The molecule has 4 N–H and O–H groups in total. The molecule has 2 heterocycles. The molecule has 1 aliphatic heterocycles. The summed E-state index contributed by atoms with van der Waals surface area (Å²) in [4.78, 5) is 6.72. The molecule has 0 spiro atoms. The van der Waals surface area contributed by atoms with Gasteiger partial charge in [0, 0.05) is 12.2 Å². The lowest BCUT2D eigenvalue weighted by atomic mass is 10.1. The van der Waals surface area contributed by atoms with Gasteiger partial charge < -0.3 is 20.9 Å². The molecule has 1 unspecified atom stereocenters. The van der Waals surface area contributed by atoms with Crippen LogP contribution in [0.2, 0.25) is 0 Å². The van der Waals surface area contributed by atoms with Crippen LogP contribution < -0.4 is 10.6 Å². The number of pyridine rings is 1. The molecular weight excluding hydrogens is 268 g/mol. The zero-order chi connectivity index (χ0) is 15.4. The van der Waals surface area contributed by atoms with Crippen molar-refractivity contribution in [3.8, 4) is 0 Å². The molecule has 1 aliphatic rings. The molecule has 0 saturated carbocycles. The predicted molar refractivity (Wildman–Crippen MR) is 82.9 cm³/mol. The van der Waals surface area contributed by atoms with E-state index in [9.17, 15) is 5.11 Å².